The van der Waals surface area contributed by atoms with Gasteiger partial charge in [0.25, 0.3) is 5.91 Å². The van der Waals surface area contributed by atoms with Crippen LogP contribution in [0.4, 0.5) is 4.79 Å². The highest BCUT2D eigenvalue weighted by Crippen LogP contribution is 2.16. The van der Waals surface area contributed by atoms with Crippen molar-refractivity contribution in [2.24, 2.45) is 0 Å². The smallest absolute Gasteiger partial charge is 0.344 e. The summed E-state index contributed by atoms with van der Waals surface area (Å²) < 4.78 is 9.97. The maximum absolute atomic E-state index is 11.5. The molecule has 3 amide bonds. The van der Waals surface area contributed by atoms with Gasteiger partial charge in [-0.05, 0) is 44.0 Å². The number of esters is 1. The van der Waals surface area contributed by atoms with Gasteiger partial charge in [-0.2, -0.15) is 0 Å². The van der Waals surface area contributed by atoms with E-state index >= 15 is 0 Å². The fourth-order valence-corrected chi connectivity index (χ4v) is 1.50. The molecule has 120 valence electrons. The van der Waals surface area contributed by atoms with Gasteiger partial charge < -0.3 is 14.8 Å². The molecule has 0 radical (unpaired) electrons. The van der Waals surface area contributed by atoms with Crippen LogP contribution in [0.2, 0.25) is 0 Å². The molecular weight excluding hydrogens is 288 g/mol. The third-order valence-corrected chi connectivity index (χ3v) is 2.79. The topological polar surface area (TPSA) is 93.7 Å². The van der Waals surface area contributed by atoms with Crippen LogP contribution in [-0.4, -0.2) is 37.7 Å². The van der Waals surface area contributed by atoms with Crippen molar-refractivity contribution in [1.82, 2.24) is 10.6 Å². The summed E-state index contributed by atoms with van der Waals surface area (Å²) in [6, 6.07) is 4.81. The van der Waals surface area contributed by atoms with Crippen LogP contribution in [0.25, 0.3) is 0 Å². The standard InChI is InChI=1S/C15H20N2O5/c1-4-16-15(20)17-13(18)8-22-14(19)9-21-12-6-5-10(2)11(3)7-12/h5-7H,4,8-9H2,1-3H3,(H2,16,17,18,20). The molecule has 1 rings (SSSR count). The lowest BCUT2D eigenvalue weighted by molar-refractivity contribution is -0.150. The van der Waals surface area contributed by atoms with Crippen molar-refractivity contribution in [3.63, 3.8) is 0 Å². The Morgan fingerprint density at radius 2 is 1.82 bits per heavy atom. The molecule has 0 spiro atoms. The molecule has 0 saturated carbocycles. The minimum atomic E-state index is -0.703. The number of aryl methyl sites for hydroxylation is 2. The maximum Gasteiger partial charge on any atom is 0.344 e. The molecule has 0 atom stereocenters. The summed E-state index contributed by atoms with van der Waals surface area (Å²) in [4.78, 5) is 33.8. The normalized spacial score (nSPS) is 9.77. The van der Waals surface area contributed by atoms with Crippen molar-refractivity contribution >= 4 is 17.9 Å². The molecule has 0 unspecified atom stereocenters. The fourth-order valence-electron chi connectivity index (χ4n) is 1.50. The van der Waals surface area contributed by atoms with E-state index in [1.165, 1.54) is 0 Å². The molecule has 0 fully saturated rings. The first kappa shape index (κ1) is 17.5. The zero-order chi connectivity index (χ0) is 16.5. The Kier molecular flexibility index (Phi) is 6.88. The Bertz CT molecular complexity index is 557. The molecule has 0 heterocycles. The first-order valence-corrected chi connectivity index (χ1v) is 6.85. The van der Waals surface area contributed by atoms with Crippen LogP contribution in [0, 0.1) is 13.8 Å². The summed E-state index contributed by atoms with van der Waals surface area (Å²) in [5.74, 6) is -0.846. The van der Waals surface area contributed by atoms with E-state index < -0.39 is 24.5 Å². The third-order valence-electron chi connectivity index (χ3n) is 2.79. The van der Waals surface area contributed by atoms with Crippen molar-refractivity contribution < 1.29 is 23.9 Å². The summed E-state index contributed by atoms with van der Waals surface area (Å²) in [5, 5.41) is 4.40. The molecule has 0 saturated heterocycles. The first-order valence-electron chi connectivity index (χ1n) is 6.85. The molecule has 1 aromatic rings. The molecule has 0 bridgehead atoms. The zero-order valence-corrected chi connectivity index (χ0v) is 12.9. The van der Waals surface area contributed by atoms with Crippen LogP contribution in [0.5, 0.6) is 5.75 Å². The summed E-state index contributed by atoms with van der Waals surface area (Å²) in [7, 11) is 0. The van der Waals surface area contributed by atoms with Crippen LogP contribution < -0.4 is 15.4 Å². The summed E-state index contributed by atoms with van der Waals surface area (Å²) in [6.45, 7) is 5.17. The lowest BCUT2D eigenvalue weighted by Crippen LogP contribution is -2.41. The fraction of sp³-hybridized carbons (Fsp3) is 0.400. The van der Waals surface area contributed by atoms with E-state index in [0.717, 1.165) is 11.1 Å². The van der Waals surface area contributed by atoms with E-state index in [1.807, 2.05) is 31.3 Å². The predicted octanol–water partition coefficient (Wildman–Crippen LogP) is 1.07. The predicted molar refractivity (Wildman–Crippen MR) is 79.6 cm³/mol. The Morgan fingerprint density at radius 3 is 2.45 bits per heavy atom. The van der Waals surface area contributed by atoms with Crippen LogP contribution >= 0.6 is 0 Å². The van der Waals surface area contributed by atoms with Crippen LogP contribution in [0.1, 0.15) is 18.1 Å². The highest BCUT2D eigenvalue weighted by molar-refractivity contribution is 5.95. The monoisotopic (exact) mass is 308 g/mol. The lowest BCUT2D eigenvalue weighted by Gasteiger charge is -2.09. The highest BCUT2D eigenvalue weighted by atomic mass is 16.6. The Morgan fingerprint density at radius 1 is 1.09 bits per heavy atom. The second kappa shape index (κ2) is 8.66. The van der Waals surface area contributed by atoms with E-state index in [1.54, 1.807) is 13.0 Å². The van der Waals surface area contributed by atoms with Gasteiger partial charge in [0.1, 0.15) is 5.75 Å². The van der Waals surface area contributed by atoms with E-state index in [9.17, 15) is 14.4 Å². The molecule has 0 aliphatic carbocycles. The number of nitrogens with one attached hydrogen (secondary N) is 2. The van der Waals surface area contributed by atoms with Crippen LogP contribution in [0.3, 0.4) is 0 Å². The number of hydrogen-bond acceptors (Lipinski definition) is 5. The van der Waals surface area contributed by atoms with Crippen LogP contribution in [-0.2, 0) is 14.3 Å². The van der Waals surface area contributed by atoms with Gasteiger partial charge in [0.15, 0.2) is 13.2 Å². The summed E-state index contributed by atoms with van der Waals surface area (Å²) in [5.41, 5.74) is 2.17. The Balaban J connectivity index is 2.30. The molecule has 0 aliphatic heterocycles. The molecule has 22 heavy (non-hydrogen) atoms. The van der Waals surface area contributed by atoms with E-state index in [4.69, 9.17) is 9.47 Å². The number of benzene rings is 1. The van der Waals surface area contributed by atoms with Crippen molar-refractivity contribution in [2.45, 2.75) is 20.8 Å². The molecule has 0 aliphatic rings. The molecule has 7 heteroatoms. The minimum absolute atomic E-state index is 0.309. The number of imide groups is 1. The van der Waals surface area contributed by atoms with Crippen LogP contribution in [0.15, 0.2) is 18.2 Å². The number of hydrogen-bond donors (Lipinski definition) is 2. The second-order valence-corrected chi connectivity index (χ2v) is 4.60. The Labute approximate surface area is 129 Å². The van der Waals surface area contributed by atoms with Gasteiger partial charge in [-0.3, -0.25) is 10.1 Å². The average Bonchev–Trinajstić information content (AvgIpc) is 2.46. The number of carbonyl (C=O) groups excluding carboxylic acids is 3. The number of amides is 3. The second-order valence-electron chi connectivity index (χ2n) is 4.60. The number of carbonyl (C=O) groups is 3. The first-order chi connectivity index (χ1) is 10.4. The van der Waals surface area contributed by atoms with Crippen molar-refractivity contribution in [2.75, 3.05) is 19.8 Å². The third kappa shape index (κ3) is 6.25. The van der Waals surface area contributed by atoms with Crippen molar-refractivity contribution in [3.05, 3.63) is 29.3 Å². The molecule has 0 aromatic heterocycles. The number of rotatable bonds is 6. The number of urea groups is 1. The Hall–Kier alpha value is -2.57. The molecule has 1 aromatic carbocycles. The molecule has 7 nitrogen and oxygen atoms in total. The van der Waals surface area contributed by atoms with Gasteiger partial charge in [0.05, 0.1) is 0 Å². The highest BCUT2D eigenvalue weighted by Gasteiger charge is 2.11. The zero-order valence-electron chi connectivity index (χ0n) is 12.9. The van der Waals surface area contributed by atoms with Gasteiger partial charge in [0.2, 0.25) is 0 Å². The van der Waals surface area contributed by atoms with E-state index in [-0.39, 0.29) is 6.61 Å². The average molecular weight is 308 g/mol. The largest absolute Gasteiger partial charge is 0.482 e. The summed E-state index contributed by atoms with van der Waals surface area (Å²) >= 11 is 0. The van der Waals surface area contributed by atoms with Gasteiger partial charge >= 0.3 is 12.0 Å². The SMILES string of the molecule is CCNC(=O)NC(=O)COC(=O)COc1ccc(C)c(C)c1. The minimum Gasteiger partial charge on any atom is -0.482 e. The lowest BCUT2D eigenvalue weighted by atomic mass is 10.1. The van der Waals surface area contributed by atoms with E-state index in [0.29, 0.717) is 12.3 Å². The van der Waals surface area contributed by atoms with E-state index in [2.05, 4.69) is 5.32 Å². The van der Waals surface area contributed by atoms with Gasteiger partial charge in [-0.1, -0.05) is 6.07 Å². The summed E-state index contributed by atoms with van der Waals surface area (Å²) in [6.07, 6.45) is 0. The number of ether oxygens (including phenoxy) is 2. The molecule has 2 N–H and O–H groups in total. The molecular formula is C15H20N2O5. The van der Waals surface area contributed by atoms with Crippen molar-refractivity contribution in [3.8, 4) is 5.75 Å². The van der Waals surface area contributed by atoms with Crippen molar-refractivity contribution in [1.29, 1.82) is 0 Å². The van der Waals surface area contributed by atoms with Gasteiger partial charge in [-0.15, -0.1) is 0 Å². The van der Waals surface area contributed by atoms with Gasteiger partial charge in [0, 0.05) is 6.54 Å². The quantitative estimate of drug-likeness (QED) is 0.767. The maximum atomic E-state index is 11.5. The van der Waals surface area contributed by atoms with Gasteiger partial charge in [-0.25, -0.2) is 9.59 Å².